The van der Waals surface area contributed by atoms with E-state index in [0.717, 1.165) is 12.1 Å². The van der Waals surface area contributed by atoms with Gasteiger partial charge in [-0.25, -0.2) is 0 Å². The third-order valence-electron chi connectivity index (χ3n) is 2.42. The van der Waals surface area contributed by atoms with Crippen LogP contribution in [0.2, 0.25) is 0 Å². The molecule has 0 spiro atoms. The number of esters is 1. The largest absolute Gasteiger partial charge is 0.469 e. The molecule has 0 saturated carbocycles. The molecule has 0 aliphatic heterocycles. The summed E-state index contributed by atoms with van der Waals surface area (Å²) in [5.41, 5.74) is 2.19. The molecule has 1 N–H and O–H groups in total. The number of nitrogens with one attached hydrogen (secondary N) is 1. The van der Waals surface area contributed by atoms with Crippen LogP contribution < -0.4 is 5.32 Å². The maximum Gasteiger partial charge on any atom is 0.312 e. The van der Waals surface area contributed by atoms with E-state index in [2.05, 4.69) is 5.32 Å². The van der Waals surface area contributed by atoms with E-state index in [4.69, 9.17) is 4.74 Å². The SMILES string of the molecule is CNCc1ccc(C(C)C(=O)OC)cc1. The molecule has 1 atom stereocenters. The van der Waals surface area contributed by atoms with E-state index in [1.807, 2.05) is 38.2 Å². The molecule has 0 amide bonds. The van der Waals surface area contributed by atoms with E-state index in [-0.39, 0.29) is 11.9 Å². The van der Waals surface area contributed by atoms with Crippen molar-refractivity contribution >= 4 is 5.97 Å². The number of ether oxygens (including phenoxy) is 1. The molecular weight excluding hydrogens is 190 g/mol. The molecule has 3 nitrogen and oxygen atoms in total. The Balaban J connectivity index is 2.75. The number of rotatable bonds is 4. The predicted molar refractivity (Wildman–Crippen MR) is 59.6 cm³/mol. The van der Waals surface area contributed by atoms with Crippen LogP contribution in [-0.2, 0) is 16.1 Å². The molecule has 0 aromatic heterocycles. The Bertz CT molecular complexity index is 319. The van der Waals surface area contributed by atoms with Gasteiger partial charge in [-0.05, 0) is 25.1 Å². The second-order valence-corrected chi connectivity index (χ2v) is 3.52. The van der Waals surface area contributed by atoms with Crippen molar-refractivity contribution in [1.82, 2.24) is 5.32 Å². The summed E-state index contributed by atoms with van der Waals surface area (Å²) in [5, 5.41) is 3.07. The van der Waals surface area contributed by atoms with Crippen LogP contribution in [-0.4, -0.2) is 20.1 Å². The topological polar surface area (TPSA) is 38.3 Å². The van der Waals surface area contributed by atoms with E-state index in [9.17, 15) is 4.79 Å². The third kappa shape index (κ3) is 3.06. The summed E-state index contributed by atoms with van der Waals surface area (Å²) in [4.78, 5) is 11.3. The van der Waals surface area contributed by atoms with Crippen LogP contribution in [0.3, 0.4) is 0 Å². The van der Waals surface area contributed by atoms with Crippen LogP contribution in [0, 0.1) is 0 Å². The Morgan fingerprint density at radius 2 is 2.00 bits per heavy atom. The molecule has 0 heterocycles. The first-order chi connectivity index (χ1) is 7.19. The highest BCUT2D eigenvalue weighted by atomic mass is 16.5. The van der Waals surface area contributed by atoms with Gasteiger partial charge in [-0.1, -0.05) is 24.3 Å². The number of hydrogen-bond acceptors (Lipinski definition) is 3. The molecule has 3 heteroatoms. The van der Waals surface area contributed by atoms with Crippen molar-refractivity contribution in [2.45, 2.75) is 19.4 Å². The first-order valence-corrected chi connectivity index (χ1v) is 5.00. The summed E-state index contributed by atoms with van der Waals surface area (Å²) >= 11 is 0. The molecule has 0 saturated heterocycles. The average Bonchev–Trinajstić information content (AvgIpc) is 2.28. The Kier molecular flexibility index (Phi) is 4.31. The quantitative estimate of drug-likeness (QED) is 0.763. The number of carbonyl (C=O) groups is 1. The highest BCUT2D eigenvalue weighted by molar-refractivity contribution is 5.77. The third-order valence-corrected chi connectivity index (χ3v) is 2.42. The smallest absolute Gasteiger partial charge is 0.312 e. The highest BCUT2D eigenvalue weighted by Gasteiger charge is 2.14. The second-order valence-electron chi connectivity index (χ2n) is 3.52. The lowest BCUT2D eigenvalue weighted by Gasteiger charge is -2.09. The van der Waals surface area contributed by atoms with Gasteiger partial charge in [0.1, 0.15) is 0 Å². The fourth-order valence-electron chi connectivity index (χ4n) is 1.44. The summed E-state index contributed by atoms with van der Waals surface area (Å²) in [5.74, 6) is -0.394. The van der Waals surface area contributed by atoms with Crippen LogP contribution in [0.15, 0.2) is 24.3 Å². The molecule has 0 aliphatic carbocycles. The molecule has 15 heavy (non-hydrogen) atoms. The van der Waals surface area contributed by atoms with Gasteiger partial charge in [-0.3, -0.25) is 4.79 Å². The van der Waals surface area contributed by atoms with Crippen molar-refractivity contribution in [3.63, 3.8) is 0 Å². The van der Waals surface area contributed by atoms with Crippen LogP contribution in [0.1, 0.15) is 24.0 Å². The molecule has 1 rings (SSSR count). The summed E-state index contributed by atoms with van der Waals surface area (Å²) in [7, 11) is 3.32. The van der Waals surface area contributed by atoms with E-state index in [0.29, 0.717) is 0 Å². The Morgan fingerprint density at radius 3 is 2.47 bits per heavy atom. The zero-order chi connectivity index (χ0) is 11.3. The van der Waals surface area contributed by atoms with E-state index >= 15 is 0 Å². The number of methoxy groups -OCH3 is 1. The predicted octanol–water partition coefficient (Wildman–Crippen LogP) is 1.68. The molecule has 0 radical (unpaired) electrons. The first kappa shape index (κ1) is 11.7. The van der Waals surface area contributed by atoms with Gasteiger partial charge in [0.2, 0.25) is 0 Å². The van der Waals surface area contributed by atoms with Crippen molar-refractivity contribution in [2.75, 3.05) is 14.2 Å². The van der Waals surface area contributed by atoms with Crippen molar-refractivity contribution in [3.05, 3.63) is 35.4 Å². The lowest BCUT2D eigenvalue weighted by Crippen LogP contribution is -2.11. The summed E-state index contributed by atoms with van der Waals surface area (Å²) in [6.07, 6.45) is 0. The van der Waals surface area contributed by atoms with Crippen molar-refractivity contribution < 1.29 is 9.53 Å². The highest BCUT2D eigenvalue weighted by Crippen LogP contribution is 2.17. The van der Waals surface area contributed by atoms with Gasteiger partial charge in [0.25, 0.3) is 0 Å². The normalized spacial score (nSPS) is 12.2. The van der Waals surface area contributed by atoms with Crippen LogP contribution in [0.5, 0.6) is 0 Å². The van der Waals surface area contributed by atoms with Gasteiger partial charge in [-0.2, -0.15) is 0 Å². The fourth-order valence-corrected chi connectivity index (χ4v) is 1.44. The molecule has 1 aromatic carbocycles. The lowest BCUT2D eigenvalue weighted by atomic mass is 10.00. The Morgan fingerprint density at radius 1 is 1.40 bits per heavy atom. The van der Waals surface area contributed by atoms with Crippen molar-refractivity contribution in [1.29, 1.82) is 0 Å². The van der Waals surface area contributed by atoms with Gasteiger partial charge in [0, 0.05) is 6.54 Å². The molecule has 0 aliphatic rings. The Hall–Kier alpha value is -1.35. The minimum atomic E-state index is -0.198. The van der Waals surface area contributed by atoms with Crippen LogP contribution >= 0.6 is 0 Å². The minimum Gasteiger partial charge on any atom is -0.469 e. The number of carbonyl (C=O) groups excluding carboxylic acids is 1. The standard InChI is InChI=1S/C12H17NO2/c1-9(12(14)15-3)11-6-4-10(5-7-11)8-13-2/h4-7,9,13H,8H2,1-3H3. The first-order valence-electron chi connectivity index (χ1n) is 5.00. The van der Waals surface area contributed by atoms with Crippen LogP contribution in [0.4, 0.5) is 0 Å². The Labute approximate surface area is 90.4 Å². The van der Waals surface area contributed by atoms with E-state index in [1.165, 1.54) is 12.7 Å². The molecular formula is C12H17NO2. The maximum atomic E-state index is 11.3. The van der Waals surface area contributed by atoms with Gasteiger partial charge < -0.3 is 10.1 Å². The van der Waals surface area contributed by atoms with Gasteiger partial charge in [0.15, 0.2) is 0 Å². The summed E-state index contributed by atoms with van der Waals surface area (Å²) in [6, 6.07) is 7.97. The second kappa shape index (κ2) is 5.51. The zero-order valence-electron chi connectivity index (χ0n) is 9.41. The molecule has 1 unspecified atom stereocenters. The van der Waals surface area contributed by atoms with Crippen LogP contribution in [0.25, 0.3) is 0 Å². The minimum absolute atomic E-state index is 0.196. The molecule has 1 aromatic rings. The van der Waals surface area contributed by atoms with Gasteiger partial charge >= 0.3 is 5.97 Å². The maximum absolute atomic E-state index is 11.3. The summed E-state index contributed by atoms with van der Waals surface area (Å²) < 4.78 is 4.69. The molecule has 0 fully saturated rings. The number of benzene rings is 1. The number of hydrogen-bond donors (Lipinski definition) is 1. The van der Waals surface area contributed by atoms with E-state index in [1.54, 1.807) is 0 Å². The summed E-state index contributed by atoms with van der Waals surface area (Å²) in [6.45, 7) is 2.69. The molecule has 0 bridgehead atoms. The van der Waals surface area contributed by atoms with Crippen molar-refractivity contribution in [3.8, 4) is 0 Å². The fraction of sp³-hybridized carbons (Fsp3) is 0.417. The lowest BCUT2D eigenvalue weighted by molar-refractivity contribution is -0.141. The van der Waals surface area contributed by atoms with Crippen molar-refractivity contribution in [2.24, 2.45) is 0 Å². The van der Waals surface area contributed by atoms with Gasteiger partial charge in [-0.15, -0.1) is 0 Å². The zero-order valence-corrected chi connectivity index (χ0v) is 9.41. The van der Waals surface area contributed by atoms with Gasteiger partial charge in [0.05, 0.1) is 13.0 Å². The van der Waals surface area contributed by atoms with E-state index < -0.39 is 0 Å². The average molecular weight is 207 g/mol. The molecule has 82 valence electrons. The monoisotopic (exact) mass is 207 g/mol.